The highest BCUT2D eigenvalue weighted by molar-refractivity contribution is 5.76. The largest absolute Gasteiger partial charge is 0.339 e. The van der Waals surface area contributed by atoms with E-state index in [1.54, 1.807) is 0 Å². The second-order valence-corrected chi connectivity index (χ2v) is 5.45. The molecule has 2 heterocycles. The average molecular weight is 298 g/mol. The first-order valence-electron chi connectivity index (χ1n) is 7.02. The standard InChI is InChI=1S/C14H17F3N4/c1-8(7-21-4-2-18-3-5-21)14-19-12-10(16)6-9(15)11(17)13(12)20-14/h6,8,18H,2-5,7H2,1H3,(H,19,20). The molecule has 7 heteroatoms. The summed E-state index contributed by atoms with van der Waals surface area (Å²) in [5, 5.41) is 3.26. The Morgan fingerprint density at radius 3 is 2.67 bits per heavy atom. The van der Waals surface area contributed by atoms with Gasteiger partial charge in [0.25, 0.3) is 0 Å². The minimum Gasteiger partial charge on any atom is -0.339 e. The van der Waals surface area contributed by atoms with E-state index in [2.05, 4.69) is 20.2 Å². The zero-order valence-electron chi connectivity index (χ0n) is 11.7. The fraction of sp³-hybridized carbons (Fsp3) is 0.500. The molecule has 1 aromatic carbocycles. The molecule has 2 aromatic rings. The third kappa shape index (κ3) is 2.75. The molecule has 0 radical (unpaired) electrons. The van der Waals surface area contributed by atoms with Crippen LogP contribution < -0.4 is 5.32 Å². The Kier molecular flexibility index (Phi) is 3.86. The van der Waals surface area contributed by atoms with Gasteiger partial charge in [-0.25, -0.2) is 18.2 Å². The normalized spacial score (nSPS) is 18.3. The Labute approximate surface area is 120 Å². The summed E-state index contributed by atoms with van der Waals surface area (Å²) in [5.41, 5.74) is -0.342. The van der Waals surface area contributed by atoms with Crippen LogP contribution in [0.1, 0.15) is 18.7 Å². The van der Waals surface area contributed by atoms with Crippen LogP contribution in [0.2, 0.25) is 0 Å². The summed E-state index contributed by atoms with van der Waals surface area (Å²) in [4.78, 5) is 9.09. The fourth-order valence-corrected chi connectivity index (χ4v) is 2.69. The van der Waals surface area contributed by atoms with Gasteiger partial charge in [-0.2, -0.15) is 0 Å². The van der Waals surface area contributed by atoms with Crippen LogP contribution in [0.3, 0.4) is 0 Å². The first-order chi connectivity index (χ1) is 10.1. The number of aromatic amines is 1. The average Bonchev–Trinajstić information content (AvgIpc) is 2.92. The lowest BCUT2D eigenvalue weighted by molar-refractivity contribution is 0.229. The summed E-state index contributed by atoms with van der Waals surface area (Å²) < 4.78 is 40.6. The van der Waals surface area contributed by atoms with Crippen molar-refractivity contribution in [3.63, 3.8) is 0 Å². The van der Waals surface area contributed by atoms with E-state index in [0.29, 0.717) is 11.9 Å². The molecule has 0 saturated carbocycles. The van der Waals surface area contributed by atoms with Crippen molar-refractivity contribution in [3.05, 3.63) is 29.3 Å². The number of H-pyrrole nitrogens is 1. The van der Waals surface area contributed by atoms with Crippen molar-refractivity contribution in [2.75, 3.05) is 32.7 Å². The molecule has 1 saturated heterocycles. The molecule has 0 amide bonds. The van der Waals surface area contributed by atoms with E-state index in [9.17, 15) is 13.2 Å². The van der Waals surface area contributed by atoms with E-state index in [1.807, 2.05) is 6.92 Å². The molecule has 4 nitrogen and oxygen atoms in total. The van der Waals surface area contributed by atoms with Crippen LogP contribution in [0.25, 0.3) is 11.0 Å². The first-order valence-corrected chi connectivity index (χ1v) is 7.02. The van der Waals surface area contributed by atoms with E-state index in [-0.39, 0.29) is 17.0 Å². The second kappa shape index (κ2) is 5.65. The van der Waals surface area contributed by atoms with Crippen molar-refractivity contribution in [1.82, 2.24) is 20.2 Å². The number of imidazole rings is 1. The molecule has 1 aliphatic heterocycles. The number of aromatic nitrogens is 2. The van der Waals surface area contributed by atoms with Crippen LogP contribution >= 0.6 is 0 Å². The van der Waals surface area contributed by atoms with Gasteiger partial charge in [0.05, 0.1) is 0 Å². The van der Waals surface area contributed by atoms with Crippen molar-refractivity contribution >= 4 is 11.0 Å². The SMILES string of the molecule is CC(CN1CCNCC1)c1nc2c(F)cc(F)c(F)c2[nH]1. The Morgan fingerprint density at radius 2 is 1.95 bits per heavy atom. The summed E-state index contributed by atoms with van der Waals surface area (Å²) in [5.74, 6) is -2.67. The molecule has 114 valence electrons. The minimum absolute atomic E-state index is 0.0163. The summed E-state index contributed by atoms with van der Waals surface area (Å²) in [6, 6.07) is 0.531. The Bertz CT molecular complexity index is 649. The number of rotatable bonds is 3. The Hall–Kier alpha value is -1.60. The molecule has 0 aliphatic carbocycles. The predicted molar refractivity (Wildman–Crippen MR) is 73.7 cm³/mol. The van der Waals surface area contributed by atoms with Gasteiger partial charge in [0, 0.05) is 44.7 Å². The van der Waals surface area contributed by atoms with Gasteiger partial charge >= 0.3 is 0 Å². The van der Waals surface area contributed by atoms with Crippen molar-refractivity contribution in [2.45, 2.75) is 12.8 Å². The second-order valence-electron chi connectivity index (χ2n) is 5.45. The molecule has 0 spiro atoms. The fourth-order valence-electron chi connectivity index (χ4n) is 2.69. The van der Waals surface area contributed by atoms with Crippen LogP contribution in [-0.4, -0.2) is 47.6 Å². The lowest BCUT2D eigenvalue weighted by Gasteiger charge is -2.29. The maximum atomic E-state index is 13.7. The highest BCUT2D eigenvalue weighted by Gasteiger charge is 2.21. The molecule has 1 atom stereocenters. The van der Waals surface area contributed by atoms with Crippen LogP contribution in [0, 0.1) is 17.5 Å². The van der Waals surface area contributed by atoms with Crippen LogP contribution in [0.4, 0.5) is 13.2 Å². The van der Waals surface area contributed by atoms with Gasteiger partial charge in [-0.15, -0.1) is 0 Å². The summed E-state index contributed by atoms with van der Waals surface area (Å²) in [6.45, 7) is 6.41. The predicted octanol–water partition coefficient (Wildman–Crippen LogP) is 1.99. The van der Waals surface area contributed by atoms with Crippen molar-refractivity contribution in [3.8, 4) is 0 Å². The third-order valence-corrected chi connectivity index (χ3v) is 3.84. The molecule has 2 N–H and O–H groups in total. The number of nitrogens with one attached hydrogen (secondary N) is 2. The van der Waals surface area contributed by atoms with Gasteiger partial charge in [0.1, 0.15) is 16.9 Å². The van der Waals surface area contributed by atoms with Gasteiger partial charge in [0.2, 0.25) is 0 Å². The quantitative estimate of drug-likeness (QED) is 0.852. The van der Waals surface area contributed by atoms with E-state index < -0.39 is 17.5 Å². The molecule has 1 aliphatic rings. The molecule has 0 bridgehead atoms. The molecular weight excluding hydrogens is 281 g/mol. The number of nitrogens with zero attached hydrogens (tertiary/aromatic N) is 2. The number of benzene rings is 1. The maximum absolute atomic E-state index is 13.7. The zero-order valence-corrected chi connectivity index (χ0v) is 11.7. The smallest absolute Gasteiger partial charge is 0.184 e. The highest BCUT2D eigenvalue weighted by atomic mass is 19.2. The van der Waals surface area contributed by atoms with Gasteiger partial charge in [-0.3, -0.25) is 0 Å². The molecule has 1 unspecified atom stereocenters. The maximum Gasteiger partial charge on any atom is 0.184 e. The van der Waals surface area contributed by atoms with Gasteiger partial charge in [-0.05, 0) is 0 Å². The summed E-state index contributed by atoms with van der Waals surface area (Å²) in [6.07, 6.45) is 0. The number of fused-ring (bicyclic) bond motifs is 1. The molecular formula is C14H17F3N4. The number of hydrogen-bond acceptors (Lipinski definition) is 3. The van der Waals surface area contributed by atoms with Crippen molar-refractivity contribution in [1.29, 1.82) is 0 Å². The van der Waals surface area contributed by atoms with Crippen LogP contribution in [0.15, 0.2) is 6.07 Å². The van der Waals surface area contributed by atoms with E-state index in [0.717, 1.165) is 32.7 Å². The number of hydrogen-bond donors (Lipinski definition) is 2. The summed E-state index contributed by atoms with van der Waals surface area (Å²) >= 11 is 0. The molecule has 1 aromatic heterocycles. The molecule has 1 fully saturated rings. The lowest BCUT2D eigenvalue weighted by atomic mass is 10.1. The minimum atomic E-state index is -1.20. The van der Waals surface area contributed by atoms with Gasteiger partial charge < -0.3 is 15.2 Å². The molecule has 21 heavy (non-hydrogen) atoms. The Morgan fingerprint density at radius 1 is 1.24 bits per heavy atom. The van der Waals surface area contributed by atoms with E-state index in [1.165, 1.54) is 0 Å². The monoisotopic (exact) mass is 298 g/mol. The Balaban J connectivity index is 1.86. The van der Waals surface area contributed by atoms with Crippen molar-refractivity contribution in [2.24, 2.45) is 0 Å². The van der Waals surface area contributed by atoms with Crippen LogP contribution in [-0.2, 0) is 0 Å². The van der Waals surface area contributed by atoms with Gasteiger partial charge in [-0.1, -0.05) is 6.92 Å². The van der Waals surface area contributed by atoms with Gasteiger partial charge in [0.15, 0.2) is 17.5 Å². The van der Waals surface area contributed by atoms with E-state index in [4.69, 9.17) is 0 Å². The lowest BCUT2D eigenvalue weighted by Crippen LogP contribution is -2.44. The highest BCUT2D eigenvalue weighted by Crippen LogP contribution is 2.24. The first kappa shape index (κ1) is 14.3. The zero-order chi connectivity index (χ0) is 15.0. The summed E-state index contributed by atoms with van der Waals surface area (Å²) in [7, 11) is 0. The van der Waals surface area contributed by atoms with Crippen molar-refractivity contribution < 1.29 is 13.2 Å². The number of piperazine rings is 1. The third-order valence-electron chi connectivity index (χ3n) is 3.84. The topological polar surface area (TPSA) is 44.0 Å². The molecule has 3 rings (SSSR count). The van der Waals surface area contributed by atoms with Crippen LogP contribution in [0.5, 0.6) is 0 Å². The van der Waals surface area contributed by atoms with E-state index >= 15 is 0 Å². The number of halogens is 3.